The Labute approximate surface area is 95.4 Å². The van der Waals surface area contributed by atoms with Crippen molar-refractivity contribution < 1.29 is 97.6 Å². The summed E-state index contributed by atoms with van der Waals surface area (Å²) in [4.78, 5) is 0. The van der Waals surface area contributed by atoms with Crippen molar-refractivity contribution >= 4 is 0 Å². The van der Waals surface area contributed by atoms with Crippen LogP contribution >= 0.6 is 0 Å². The molecule has 0 N–H and O–H groups in total. The number of rotatable bonds is 0. The molecule has 0 aromatic rings. The molecule has 0 fully saturated rings. The van der Waals surface area contributed by atoms with Crippen LogP contribution in [0.25, 0.3) is 0 Å². The Morgan fingerprint density at radius 1 is 1.00 bits per heavy atom. The normalized spacial score (nSPS) is 1.20. The number of hydrogen-bond donors (Lipinski definition) is 0. The van der Waals surface area contributed by atoms with Crippen molar-refractivity contribution in [3.05, 3.63) is 0 Å². The van der Waals surface area contributed by atoms with Gasteiger partial charge in [-0.3, -0.25) is 0 Å². The molecule has 0 amide bonds. The van der Waals surface area contributed by atoms with Gasteiger partial charge in [-0.2, -0.15) is 0 Å². The molecule has 0 spiro atoms. The zero-order valence-corrected chi connectivity index (χ0v) is 10.2. The first-order chi connectivity index (χ1) is 1.00. The van der Waals surface area contributed by atoms with E-state index >= 15 is 0 Å². The van der Waals surface area contributed by atoms with Crippen LogP contribution in [0, 0.1) is 0 Å². The summed E-state index contributed by atoms with van der Waals surface area (Å²) in [7, 11) is 0. The maximum absolute atomic E-state index is 8.38. The van der Waals surface area contributed by atoms with Crippen LogP contribution in [0.5, 0.6) is 0 Å². The predicted octanol–water partition coefficient (Wildman–Crippen LogP) is -6.23. The Bertz CT molecular complexity index is 7.61. The van der Waals surface area contributed by atoms with Gasteiger partial charge in [-0.05, 0) is 0 Å². The van der Waals surface area contributed by atoms with Gasteiger partial charge < -0.3 is 5.48 Å². The molecule has 0 bridgehead atoms. The van der Waals surface area contributed by atoms with Gasteiger partial charge in [0.25, 0.3) is 0 Å². The van der Waals surface area contributed by atoms with Gasteiger partial charge in [0.15, 0.2) is 0 Å². The Morgan fingerprint density at radius 2 is 1.00 bits per heavy atom. The van der Waals surface area contributed by atoms with Crippen LogP contribution in [0.15, 0.2) is 0 Å². The van der Waals surface area contributed by atoms with Gasteiger partial charge in [-0.1, -0.05) is 0 Å². The average Bonchev–Trinajstić information content (AvgIpc) is 1.00. The molecule has 5 heteroatoms. The van der Waals surface area contributed by atoms with Crippen LogP contribution in [0.3, 0.4) is 0 Å². The molecule has 0 rings (SSSR count). The van der Waals surface area contributed by atoms with E-state index in [1.165, 1.54) is 0 Å². The number of hydrogen-bond acceptors (Lipinski definition) is 1. The first kappa shape index (κ1) is 24.8. The minimum atomic E-state index is 0. The first-order valence-corrected chi connectivity index (χ1v) is 1.39. The Hall–Kier alpha value is 2.86. The third-order valence-electron chi connectivity index (χ3n) is 0. The molecule has 0 aliphatic carbocycles. The van der Waals surface area contributed by atoms with Crippen LogP contribution < -0.4 is 59.1 Å². The zero-order valence-electron chi connectivity index (χ0n) is 3.39. The summed E-state index contributed by atoms with van der Waals surface area (Å²) in [6.07, 6.45) is 0. The van der Waals surface area contributed by atoms with Crippen molar-refractivity contribution in [2.45, 2.75) is 0 Å². The second-order valence-corrected chi connectivity index (χ2v) is 0. The van der Waals surface area contributed by atoms with E-state index in [2.05, 4.69) is 0 Å². The van der Waals surface area contributed by atoms with Gasteiger partial charge in [0.2, 0.25) is 0 Å². The molecular weight excluding hydrogens is 167 g/mol. The van der Waals surface area contributed by atoms with Crippen LogP contribution in [-0.4, -0.2) is 0 Å². The van der Waals surface area contributed by atoms with Crippen LogP contribution in [0.2, 0.25) is 0 Å². The topological polar surface area (TPSA) is 45.6 Å². The van der Waals surface area contributed by atoms with Crippen molar-refractivity contribution in [1.29, 1.82) is 0 Å². The molecule has 0 radical (unpaired) electrons. The van der Waals surface area contributed by atoms with Crippen LogP contribution in [0.1, 0.15) is 0 Å². The third kappa shape index (κ3) is 19.8. The molecule has 0 atom stereocenters. The zero-order chi connectivity index (χ0) is 2.00. The summed E-state index contributed by atoms with van der Waals surface area (Å²) >= 11 is 0.100. The van der Waals surface area contributed by atoms with E-state index in [1.54, 1.807) is 0 Å². The van der Waals surface area contributed by atoms with E-state index in [-0.39, 0.29) is 95.6 Å². The van der Waals surface area contributed by atoms with Gasteiger partial charge in [0.05, 0.1) is 0 Å². The SMILES string of the molecule is [Na+].[Na+].[O-2].[O]=[Y]. The second-order valence-electron chi connectivity index (χ2n) is 0. The molecule has 5 heavy (non-hydrogen) atoms. The maximum atomic E-state index is 8.38. The second kappa shape index (κ2) is 28.8. The fraction of sp³-hybridized carbons (Fsp3) is 0. The fourth-order valence-electron chi connectivity index (χ4n) is 0. The molecule has 0 saturated carbocycles. The first-order valence-electron chi connectivity index (χ1n) is 0.236. The summed E-state index contributed by atoms with van der Waals surface area (Å²) < 4.78 is 8.38. The average molecular weight is 167 g/mol. The monoisotopic (exact) mass is 167 g/mol. The van der Waals surface area contributed by atoms with E-state index < -0.39 is 0 Å². The van der Waals surface area contributed by atoms with Gasteiger partial charge in [-0.25, -0.2) is 0 Å². The van der Waals surface area contributed by atoms with Gasteiger partial charge in [0, 0.05) is 0 Å². The molecule has 2 nitrogen and oxygen atoms in total. The molecule has 0 heterocycles. The predicted molar refractivity (Wildman–Crippen MR) is 1.37 cm³/mol. The molecule has 0 aromatic carbocycles. The van der Waals surface area contributed by atoms with Crippen molar-refractivity contribution in [2.75, 3.05) is 0 Å². The fourth-order valence-corrected chi connectivity index (χ4v) is 0. The van der Waals surface area contributed by atoms with Gasteiger partial charge >= 0.3 is 92.2 Å². The van der Waals surface area contributed by atoms with Crippen molar-refractivity contribution in [2.24, 2.45) is 0 Å². The standard InChI is InChI=1S/2Na.2O.Y/q2*+1;;-2;. The Morgan fingerprint density at radius 3 is 1.00 bits per heavy atom. The summed E-state index contributed by atoms with van der Waals surface area (Å²) in [6, 6.07) is 0. The van der Waals surface area contributed by atoms with E-state index in [9.17, 15) is 0 Å². The van der Waals surface area contributed by atoms with Crippen molar-refractivity contribution in [3.63, 3.8) is 0 Å². The summed E-state index contributed by atoms with van der Waals surface area (Å²) in [5.74, 6) is 0. The molecule has 0 aliphatic heterocycles. The van der Waals surface area contributed by atoms with Gasteiger partial charge in [0.1, 0.15) is 0 Å². The van der Waals surface area contributed by atoms with Crippen LogP contribution in [-0.2, 0) is 38.5 Å². The summed E-state index contributed by atoms with van der Waals surface area (Å²) in [5.41, 5.74) is 0. The molecular formula is Na2O2Y. The van der Waals surface area contributed by atoms with Crippen molar-refractivity contribution in [1.82, 2.24) is 0 Å². The van der Waals surface area contributed by atoms with Crippen LogP contribution in [0.4, 0.5) is 0 Å². The van der Waals surface area contributed by atoms with E-state index in [4.69, 9.17) is 2.04 Å². The molecule has 0 aliphatic rings. The summed E-state index contributed by atoms with van der Waals surface area (Å²) in [5, 5.41) is 0. The quantitative estimate of drug-likeness (QED) is 0.331. The minimum absolute atomic E-state index is 0. The molecule has 17 valence electrons. The molecule has 0 aromatic heterocycles. The Balaban J connectivity index is -0.00000000167. The third-order valence-corrected chi connectivity index (χ3v) is 0. The van der Waals surface area contributed by atoms with E-state index in [0.29, 0.717) is 0 Å². The van der Waals surface area contributed by atoms with E-state index in [0.717, 1.165) is 0 Å². The summed E-state index contributed by atoms with van der Waals surface area (Å²) in [6.45, 7) is 0. The Kier molecular flexibility index (Phi) is 143. The molecule has 0 saturated heterocycles. The van der Waals surface area contributed by atoms with Crippen molar-refractivity contribution in [3.8, 4) is 0 Å². The van der Waals surface area contributed by atoms with E-state index in [1.807, 2.05) is 0 Å². The van der Waals surface area contributed by atoms with Gasteiger partial charge in [-0.15, -0.1) is 0 Å². The molecule has 0 unspecified atom stereocenters.